The zero-order valence-corrected chi connectivity index (χ0v) is 61.7. The van der Waals surface area contributed by atoms with Crippen molar-refractivity contribution in [3.05, 3.63) is 382 Å². The minimum atomic E-state index is -0.383. The van der Waals surface area contributed by atoms with Crippen LogP contribution in [0.3, 0.4) is 0 Å². The van der Waals surface area contributed by atoms with Crippen molar-refractivity contribution >= 4 is 177 Å². The van der Waals surface area contributed by atoms with Gasteiger partial charge in [0.05, 0.1) is 44.5 Å². The standard InChI is InChI=1S/C106H71BN4/c1-106(2,3)70-60-99-101-100(61-70)111(103-73(68-36-12-6-13-37-68)52-29-53-74(103)69-38-14-7-15-39-69)98-65-96-90(82-47-23-19-43-78(82)76-41-17-21-45-80(76)86-55-31-57-88-84-49-25-27-59-94(84)109(96)105(86)88)63-92(98)107(101)91-62-89-81-46-22-18-42-77(81)75-40-16-20-44-79(75)85-54-30-56-87-83-48-24-26-58-93(83)108(104(85)87)95(89)64-97(91)110(99)102-71(66-32-8-4-9-33-66)50-28-51-72(102)67-34-10-5-11-35-67/h4-65H,1-3H3. The summed E-state index contributed by atoms with van der Waals surface area (Å²) >= 11 is 0. The first-order valence-electron chi connectivity index (χ1n) is 38.8. The number of anilines is 6. The number of rotatable bonds is 6. The largest absolute Gasteiger partial charge is 0.310 e. The van der Waals surface area contributed by atoms with Crippen molar-refractivity contribution in [2.45, 2.75) is 26.2 Å². The topological polar surface area (TPSA) is 15.3 Å². The highest BCUT2D eigenvalue weighted by Crippen LogP contribution is 2.56. The normalized spacial score (nSPS) is 12.8. The number of benzene rings is 17. The predicted molar refractivity (Wildman–Crippen MR) is 476 cm³/mol. The van der Waals surface area contributed by atoms with E-state index in [2.05, 4.69) is 415 Å². The molecule has 0 unspecified atom stereocenters. The van der Waals surface area contributed by atoms with E-state index in [1.54, 1.807) is 0 Å². The van der Waals surface area contributed by atoms with E-state index in [1.165, 1.54) is 108 Å². The number of fused-ring (bicyclic) bond motifs is 24. The molecule has 0 N–H and O–H groups in total. The van der Waals surface area contributed by atoms with Crippen LogP contribution < -0.4 is 26.2 Å². The summed E-state index contributed by atoms with van der Waals surface area (Å²) in [6, 6.07) is 143. The summed E-state index contributed by atoms with van der Waals surface area (Å²) < 4.78 is 5.28. The molecule has 21 aromatic rings. The Morgan fingerprint density at radius 2 is 0.477 bits per heavy atom. The Morgan fingerprint density at radius 3 is 0.802 bits per heavy atom. The fourth-order valence-corrected chi connectivity index (χ4v) is 19.5. The average molecular weight is 1410 g/mol. The summed E-state index contributed by atoms with van der Waals surface area (Å²) in [4.78, 5) is 5.50. The van der Waals surface area contributed by atoms with Crippen molar-refractivity contribution in [2.24, 2.45) is 0 Å². The summed E-state index contributed by atoms with van der Waals surface area (Å²) in [6.07, 6.45) is 0. The van der Waals surface area contributed by atoms with Crippen molar-refractivity contribution in [1.82, 2.24) is 8.80 Å². The molecule has 2 aliphatic heterocycles. The van der Waals surface area contributed by atoms with Gasteiger partial charge in [0.25, 0.3) is 6.71 Å². The van der Waals surface area contributed by atoms with Crippen LogP contribution in [-0.4, -0.2) is 15.5 Å². The lowest BCUT2D eigenvalue weighted by molar-refractivity contribution is 0.590. The predicted octanol–water partition coefficient (Wildman–Crippen LogP) is 26.9. The third-order valence-corrected chi connectivity index (χ3v) is 24.3. The molecule has 0 amide bonds. The van der Waals surface area contributed by atoms with E-state index in [4.69, 9.17) is 0 Å². The molecule has 6 heterocycles. The molecule has 2 aliphatic rings. The van der Waals surface area contributed by atoms with Crippen molar-refractivity contribution in [3.63, 3.8) is 0 Å². The van der Waals surface area contributed by atoms with Crippen LogP contribution in [0, 0.1) is 0 Å². The van der Waals surface area contributed by atoms with Gasteiger partial charge in [-0.05, 0) is 129 Å². The smallest absolute Gasteiger partial charge is 0.252 e. The number of aromatic nitrogens is 2. The van der Waals surface area contributed by atoms with Crippen LogP contribution in [0.15, 0.2) is 376 Å². The monoisotopic (exact) mass is 1410 g/mol. The van der Waals surface area contributed by atoms with Crippen LogP contribution in [0.5, 0.6) is 0 Å². The van der Waals surface area contributed by atoms with Crippen molar-refractivity contribution in [3.8, 4) is 44.5 Å². The minimum Gasteiger partial charge on any atom is -0.310 e. The molecule has 0 bridgehead atoms. The zero-order valence-electron chi connectivity index (χ0n) is 61.7. The van der Waals surface area contributed by atoms with Gasteiger partial charge >= 0.3 is 0 Å². The molecule has 0 fully saturated rings. The van der Waals surface area contributed by atoms with Gasteiger partial charge in [0, 0.05) is 88.1 Å². The zero-order chi connectivity index (χ0) is 73.3. The lowest BCUT2D eigenvalue weighted by atomic mass is 9.33. The van der Waals surface area contributed by atoms with E-state index in [0.29, 0.717) is 0 Å². The lowest BCUT2D eigenvalue weighted by Gasteiger charge is -2.46. The van der Waals surface area contributed by atoms with Crippen LogP contribution in [0.2, 0.25) is 0 Å². The maximum atomic E-state index is 2.75. The van der Waals surface area contributed by atoms with E-state index in [-0.39, 0.29) is 12.1 Å². The molecule has 0 saturated heterocycles. The first kappa shape index (κ1) is 63.1. The molecule has 17 aromatic carbocycles. The maximum absolute atomic E-state index is 2.75. The second kappa shape index (κ2) is 24.3. The molecule has 5 heteroatoms. The summed E-state index contributed by atoms with van der Waals surface area (Å²) in [5.41, 5.74) is 27.2. The van der Waals surface area contributed by atoms with E-state index in [1.807, 2.05) is 0 Å². The Hall–Kier alpha value is -14.0. The highest BCUT2D eigenvalue weighted by atomic mass is 15.2. The Morgan fingerprint density at radius 1 is 0.216 bits per heavy atom. The Balaban J connectivity index is 1.00. The van der Waals surface area contributed by atoms with E-state index in [9.17, 15) is 0 Å². The van der Waals surface area contributed by atoms with Gasteiger partial charge in [0.1, 0.15) is 0 Å². The number of nitrogens with zero attached hydrogens (tertiary/aromatic N) is 4. The molecule has 0 aliphatic carbocycles. The van der Waals surface area contributed by atoms with Crippen LogP contribution >= 0.6 is 0 Å². The summed E-state index contributed by atoms with van der Waals surface area (Å²) in [7, 11) is 0. The number of para-hydroxylation sites is 6. The van der Waals surface area contributed by atoms with E-state index in [0.717, 1.165) is 111 Å². The Kier molecular flexibility index (Phi) is 13.8. The molecular weight excluding hydrogens is 1340 g/mol. The van der Waals surface area contributed by atoms with Gasteiger partial charge in [-0.25, -0.2) is 0 Å². The minimum absolute atomic E-state index is 0.369. The van der Waals surface area contributed by atoms with Gasteiger partial charge in [-0.2, -0.15) is 0 Å². The third-order valence-electron chi connectivity index (χ3n) is 24.3. The van der Waals surface area contributed by atoms with E-state index >= 15 is 0 Å². The average Bonchev–Trinajstić information content (AvgIpc) is 1.64. The van der Waals surface area contributed by atoms with Gasteiger partial charge in [0.2, 0.25) is 0 Å². The molecule has 4 aromatic heterocycles. The highest BCUT2D eigenvalue weighted by molar-refractivity contribution is 7.00. The molecule has 0 atom stereocenters. The van der Waals surface area contributed by atoms with Crippen LogP contribution in [0.1, 0.15) is 26.3 Å². The van der Waals surface area contributed by atoms with Gasteiger partial charge in [0.15, 0.2) is 0 Å². The van der Waals surface area contributed by atoms with Gasteiger partial charge < -0.3 is 18.6 Å². The molecule has 0 saturated carbocycles. The molecule has 0 spiro atoms. The van der Waals surface area contributed by atoms with Gasteiger partial charge in [-0.1, -0.05) is 360 Å². The lowest BCUT2D eigenvalue weighted by Crippen LogP contribution is -2.61. The summed E-state index contributed by atoms with van der Waals surface area (Å²) in [6.45, 7) is 6.84. The van der Waals surface area contributed by atoms with Crippen LogP contribution in [-0.2, 0) is 5.41 Å². The quantitative estimate of drug-likeness (QED) is 0.154. The Labute approximate surface area is 643 Å². The fraction of sp³-hybridized carbons (Fsp3) is 0.0377. The highest BCUT2D eigenvalue weighted by Gasteiger charge is 2.47. The van der Waals surface area contributed by atoms with Crippen LogP contribution in [0.25, 0.3) is 164 Å². The third kappa shape index (κ3) is 9.30. The fourth-order valence-electron chi connectivity index (χ4n) is 19.5. The van der Waals surface area contributed by atoms with Crippen molar-refractivity contribution in [2.75, 3.05) is 9.80 Å². The summed E-state index contributed by atoms with van der Waals surface area (Å²) in [5, 5.41) is 19.1. The maximum Gasteiger partial charge on any atom is 0.252 e. The van der Waals surface area contributed by atoms with Crippen molar-refractivity contribution in [1.29, 1.82) is 0 Å². The number of hydrogen-bond donors (Lipinski definition) is 0. The second-order valence-corrected chi connectivity index (χ2v) is 31.3. The molecule has 111 heavy (non-hydrogen) atoms. The van der Waals surface area contributed by atoms with Gasteiger partial charge in [-0.15, -0.1) is 0 Å². The molecule has 518 valence electrons. The van der Waals surface area contributed by atoms with Crippen molar-refractivity contribution < 1.29 is 0 Å². The summed E-state index contributed by atoms with van der Waals surface area (Å²) in [5.74, 6) is 0. The molecule has 23 rings (SSSR count). The second-order valence-electron chi connectivity index (χ2n) is 31.3. The number of hydrogen-bond acceptors (Lipinski definition) is 2. The molecule has 0 radical (unpaired) electrons. The first-order chi connectivity index (χ1) is 54.8. The first-order valence-corrected chi connectivity index (χ1v) is 38.8. The van der Waals surface area contributed by atoms with E-state index < -0.39 is 0 Å². The molecule has 4 nitrogen and oxygen atoms in total. The SMILES string of the molecule is CC(C)(C)c1cc2c3c(c1)N(c1c(-c4ccccc4)cccc1-c1ccccc1)c1cc4c(cc1B3c1cc3c5ccccc5c5ccccc5c5cccc6c7ccccc7n(c3cc1N2c1c(-c2ccccc2)cccc1-c1ccccc1)c56)c1ccccc1c1ccccc1c1cccc2c3ccccc3n4c12. The Bertz CT molecular complexity index is 7060. The van der Waals surface area contributed by atoms with Gasteiger partial charge in [-0.3, -0.25) is 0 Å². The van der Waals surface area contributed by atoms with Crippen LogP contribution in [0.4, 0.5) is 34.1 Å². The molecular formula is C106H71BN4.